The van der Waals surface area contributed by atoms with Gasteiger partial charge in [-0.1, -0.05) is 0 Å². The second kappa shape index (κ2) is 5.84. The van der Waals surface area contributed by atoms with Crippen LogP contribution in [0.2, 0.25) is 0 Å². The van der Waals surface area contributed by atoms with E-state index in [1.807, 2.05) is 4.90 Å². The third-order valence-corrected chi connectivity index (χ3v) is 4.17. The first-order valence-electron chi connectivity index (χ1n) is 7.25. The van der Waals surface area contributed by atoms with E-state index in [9.17, 15) is 4.79 Å². The average molecular weight is 285 g/mol. The molecule has 21 heavy (non-hydrogen) atoms. The summed E-state index contributed by atoms with van der Waals surface area (Å²) in [5.41, 5.74) is 1.22. The zero-order chi connectivity index (χ0) is 14.8. The Morgan fingerprint density at radius 1 is 1.24 bits per heavy atom. The molecule has 0 spiro atoms. The van der Waals surface area contributed by atoms with Crippen LogP contribution in [0.4, 0.5) is 0 Å². The molecule has 0 saturated carbocycles. The summed E-state index contributed by atoms with van der Waals surface area (Å²) in [7, 11) is 2.10. The molecular formula is C16H19N3O2. The van der Waals surface area contributed by atoms with Crippen molar-refractivity contribution < 1.29 is 9.53 Å². The highest BCUT2D eigenvalue weighted by atomic mass is 16.5. The van der Waals surface area contributed by atoms with Gasteiger partial charge >= 0.3 is 0 Å². The van der Waals surface area contributed by atoms with E-state index in [4.69, 9.17) is 10.00 Å². The average Bonchev–Trinajstić information content (AvgIpc) is 2.76. The number of nitrogens with zero attached hydrogens (tertiary/aromatic N) is 3. The highest BCUT2D eigenvalue weighted by Crippen LogP contribution is 2.21. The smallest absolute Gasteiger partial charge is 0.254 e. The van der Waals surface area contributed by atoms with Crippen LogP contribution in [0.15, 0.2) is 24.3 Å². The number of likely N-dealkylation sites (N-methyl/N-ethyl adjacent to an activating group) is 1. The van der Waals surface area contributed by atoms with Crippen molar-refractivity contribution >= 4 is 5.91 Å². The molecule has 5 heteroatoms. The number of nitriles is 1. The van der Waals surface area contributed by atoms with Crippen LogP contribution in [0.1, 0.15) is 15.9 Å². The summed E-state index contributed by atoms with van der Waals surface area (Å²) in [5.74, 6) is 0.403. The molecule has 2 aliphatic rings. The Labute approximate surface area is 124 Å². The van der Waals surface area contributed by atoms with Crippen molar-refractivity contribution in [3.8, 4) is 6.07 Å². The Morgan fingerprint density at radius 3 is 2.71 bits per heavy atom. The van der Waals surface area contributed by atoms with Gasteiger partial charge in [0.2, 0.25) is 0 Å². The lowest BCUT2D eigenvalue weighted by molar-refractivity contribution is 0.0483. The fourth-order valence-electron chi connectivity index (χ4n) is 3.18. The Kier molecular flexibility index (Phi) is 3.91. The molecular weight excluding hydrogens is 266 g/mol. The maximum atomic E-state index is 12.8. The zero-order valence-corrected chi connectivity index (χ0v) is 12.2. The van der Waals surface area contributed by atoms with Crippen LogP contribution < -0.4 is 0 Å². The molecule has 3 rings (SSSR count). The summed E-state index contributed by atoms with van der Waals surface area (Å²) < 4.78 is 5.70. The monoisotopic (exact) mass is 285 g/mol. The van der Waals surface area contributed by atoms with Gasteiger partial charge in [0.1, 0.15) is 0 Å². The molecule has 1 aromatic carbocycles. The summed E-state index contributed by atoms with van der Waals surface area (Å²) in [5, 5.41) is 8.84. The summed E-state index contributed by atoms with van der Waals surface area (Å²) >= 11 is 0. The van der Waals surface area contributed by atoms with Crippen LogP contribution in [0.5, 0.6) is 0 Å². The van der Waals surface area contributed by atoms with Crippen molar-refractivity contribution in [1.82, 2.24) is 9.80 Å². The van der Waals surface area contributed by atoms with E-state index in [-0.39, 0.29) is 11.9 Å². The molecule has 0 aliphatic carbocycles. The first kappa shape index (κ1) is 14.1. The molecule has 0 aromatic heterocycles. The van der Waals surface area contributed by atoms with Gasteiger partial charge < -0.3 is 14.5 Å². The largest absolute Gasteiger partial charge is 0.379 e. The number of amides is 1. The molecule has 2 fully saturated rings. The third-order valence-electron chi connectivity index (χ3n) is 4.17. The lowest BCUT2D eigenvalue weighted by Crippen LogP contribution is -2.45. The van der Waals surface area contributed by atoms with Crippen molar-refractivity contribution in [2.75, 3.05) is 39.9 Å². The quantitative estimate of drug-likeness (QED) is 0.771. The second-order valence-electron chi connectivity index (χ2n) is 5.93. The van der Waals surface area contributed by atoms with Crippen LogP contribution in [0, 0.1) is 17.2 Å². The molecule has 5 nitrogen and oxygen atoms in total. The van der Waals surface area contributed by atoms with Gasteiger partial charge in [0.15, 0.2) is 0 Å². The molecule has 2 heterocycles. The molecule has 1 aromatic rings. The van der Waals surface area contributed by atoms with Gasteiger partial charge in [-0.05, 0) is 31.3 Å². The first-order chi connectivity index (χ1) is 10.2. The minimum Gasteiger partial charge on any atom is -0.379 e. The van der Waals surface area contributed by atoms with Crippen LogP contribution >= 0.6 is 0 Å². The molecule has 0 unspecified atom stereocenters. The highest BCUT2D eigenvalue weighted by molar-refractivity contribution is 5.94. The lowest BCUT2D eigenvalue weighted by atomic mass is 10.1. The van der Waals surface area contributed by atoms with E-state index >= 15 is 0 Å². The number of rotatable bonds is 1. The zero-order valence-electron chi connectivity index (χ0n) is 12.2. The molecule has 0 radical (unpaired) electrons. The molecule has 2 aliphatic heterocycles. The predicted molar refractivity (Wildman–Crippen MR) is 77.8 cm³/mol. The van der Waals surface area contributed by atoms with Gasteiger partial charge in [0, 0.05) is 31.1 Å². The molecule has 2 bridgehead atoms. The number of hydrogen-bond acceptors (Lipinski definition) is 4. The number of carbonyl (C=O) groups is 1. The highest BCUT2D eigenvalue weighted by Gasteiger charge is 2.34. The molecule has 0 N–H and O–H groups in total. The van der Waals surface area contributed by atoms with Crippen molar-refractivity contribution in [1.29, 1.82) is 5.26 Å². The number of carbonyl (C=O) groups excluding carboxylic acids is 1. The van der Waals surface area contributed by atoms with E-state index in [0.717, 1.165) is 26.2 Å². The van der Waals surface area contributed by atoms with Crippen LogP contribution in [-0.4, -0.2) is 61.6 Å². The first-order valence-corrected chi connectivity index (χ1v) is 7.25. The van der Waals surface area contributed by atoms with E-state index in [2.05, 4.69) is 18.0 Å². The summed E-state index contributed by atoms with van der Waals surface area (Å²) in [4.78, 5) is 17.0. The van der Waals surface area contributed by atoms with Gasteiger partial charge in [0.05, 0.1) is 30.9 Å². The van der Waals surface area contributed by atoms with Crippen molar-refractivity contribution in [3.05, 3.63) is 35.4 Å². The van der Waals surface area contributed by atoms with E-state index < -0.39 is 0 Å². The van der Waals surface area contributed by atoms with Gasteiger partial charge in [-0.25, -0.2) is 0 Å². The minimum atomic E-state index is 0.0373. The molecule has 110 valence electrons. The lowest BCUT2D eigenvalue weighted by Gasteiger charge is -2.29. The molecule has 2 atom stereocenters. The summed E-state index contributed by atoms with van der Waals surface area (Å²) in [6, 6.07) is 9.04. The van der Waals surface area contributed by atoms with Crippen LogP contribution in [-0.2, 0) is 4.74 Å². The van der Waals surface area contributed by atoms with Crippen molar-refractivity contribution in [2.45, 2.75) is 6.04 Å². The van der Waals surface area contributed by atoms with E-state index in [1.54, 1.807) is 24.3 Å². The topological polar surface area (TPSA) is 56.6 Å². The molecule has 1 amide bonds. The molecule has 2 saturated heterocycles. The van der Waals surface area contributed by atoms with E-state index in [0.29, 0.717) is 23.7 Å². The van der Waals surface area contributed by atoms with Crippen LogP contribution in [0.3, 0.4) is 0 Å². The second-order valence-corrected chi connectivity index (χ2v) is 5.93. The Bertz CT molecular complexity index is 564. The van der Waals surface area contributed by atoms with Gasteiger partial charge in [-0.2, -0.15) is 5.26 Å². The maximum Gasteiger partial charge on any atom is 0.254 e. The number of fused-ring (bicyclic) bond motifs is 3. The number of benzene rings is 1. The summed E-state index contributed by atoms with van der Waals surface area (Å²) in [6.45, 7) is 3.88. The van der Waals surface area contributed by atoms with Crippen LogP contribution in [0.25, 0.3) is 0 Å². The normalized spacial score (nSPS) is 26.0. The fraction of sp³-hybridized carbons (Fsp3) is 0.500. The predicted octanol–water partition coefficient (Wildman–Crippen LogP) is 0.961. The summed E-state index contributed by atoms with van der Waals surface area (Å²) in [6.07, 6.45) is 0. The van der Waals surface area contributed by atoms with Gasteiger partial charge in [-0.15, -0.1) is 0 Å². The Morgan fingerprint density at radius 2 is 2.00 bits per heavy atom. The van der Waals surface area contributed by atoms with Crippen molar-refractivity contribution in [3.63, 3.8) is 0 Å². The minimum absolute atomic E-state index is 0.0373. The standard InChI is InChI=1S/C16H19N3O2/c1-18-7-13-8-19(15(9-18)11-21-10-13)16(20)14-4-2-12(6-17)3-5-14/h2-5,13,15H,7-11H2,1H3/t13-,15-/m0/s1. The number of ether oxygens (including phenoxy) is 1. The number of hydrogen-bond donors (Lipinski definition) is 0. The Hall–Kier alpha value is -1.90. The van der Waals surface area contributed by atoms with Gasteiger partial charge in [-0.3, -0.25) is 4.79 Å². The SMILES string of the molecule is CN1C[C@@H]2COC[C@H](C1)N(C(=O)c1ccc(C#N)cc1)C2. The maximum absolute atomic E-state index is 12.8. The fourth-order valence-corrected chi connectivity index (χ4v) is 3.18. The van der Waals surface area contributed by atoms with Crippen molar-refractivity contribution in [2.24, 2.45) is 5.92 Å². The van der Waals surface area contributed by atoms with Gasteiger partial charge in [0.25, 0.3) is 5.91 Å². The van der Waals surface area contributed by atoms with E-state index in [1.165, 1.54) is 0 Å². The Balaban J connectivity index is 1.84. The third kappa shape index (κ3) is 2.92.